The van der Waals surface area contributed by atoms with E-state index in [4.69, 9.17) is 11.6 Å². The monoisotopic (exact) mass is 514 g/mol. The second-order valence-electron chi connectivity index (χ2n) is 6.27. The molecule has 10 heteroatoms. The predicted molar refractivity (Wildman–Crippen MR) is 100 cm³/mol. The maximum atomic E-state index is 12.8. The van der Waals surface area contributed by atoms with Gasteiger partial charge in [0.05, 0.1) is 0 Å². The van der Waals surface area contributed by atoms with Crippen LogP contribution in [0.15, 0.2) is 24.3 Å². The molecule has 2 fully saturated rings. The Labute approximate surface area is 170 Å². The highest BCUT2D eigenvalue weighted by Crippen LogP contribution is 2.64. The summed E-state index contributed by atoms with van der Waals surface area (Å²) in [5, 5.41) is 0. The van der Waals surface area contributed by atoms with Gasteiger partial charge in [0.25, 0.3) is 0 Å². The van der Waals surface area contributed by atoms with Gasteiger partial charge in [-0.2, -0.15) is 8.78 Å². The molecule has 1 aliphatic carbocycles. The average Bonchev–Trinajstić information content (AvgIpc) is 2.88. The highest BCUT2D eigenvalue weighted by Gasteiger charge is 2.70. The maximum absolute atomic E-state index is 12.8. The molecule has 2 aliphatic rings. The molecule has 0 spiro atoms. The Balaban J connectivity index is 1.73. The topological polar surface area (TPSA) is 49.9 Å². The molecule has 1 saturated heterocycles. The molecule has 2 amide bonds. The molecule has 0 aromatic heterocycles. The summed E-state index contributed by atoms with van der Waals surface area (Å²) in [6.07, 6.45) is 0.827. The standard InChI is InChI=1S/C16H15Br2ClF2N2O3/c1-22(13(25)15(19)8-16(15,17)18)11-5-6-23(12(11)24)9-3-2-4-10(7-9)26-14(20)21/h2-4,7,11,14H,5-6,8H2,1H3. The first kappa shape index (κ1) is 19.8. The van der Waals surface area contributed by atoms with E-state index in [0.29, 0.717) is 25.1 Å². The average molecular weight is 517 g/mol. The van der Waals surface area contributed by atoms with E-state index in [-0.39, 0.29) is 17.6 Å². The zero-order valence-electron chi connectivity index (χ0n) is 13.6. The Morgan fingerprint density at radius 3 is 2.69 bits per heavy atom. The lowest BCUT2D eigenvalue weighted by Crippen LogP contribution is -2.47. The minimum atomic E-state index is -2.94. The summed E-state index contributed by atoms with van der Waals surface area (Å²) in [4.78, 5) is 27.1. The number of carbonyl (C=O) groups excluding carboxylic acids is 2. The summed E-state index contributed by atoms with van der Waals surface area (Å²) in [5.41, 5.74) is 0.443. The van der Waals surface area contributed by atoms with Gasteiger partial charge in [-0.05, 0) is 18.6 Å². The van der Waals surface area contributed by atoms with Crippen LogP contribution in [0.2, 0.25) is 0 Å². The molecule has 0 N–H and O–H groups in total. The Bertz CT molecular complexity index is 752. The molecule has 1 heterocycles. The fourth-order valence-electron chi connectivity index (χ4n) is 3.02. The van der Waals surface area contributed by atoms with Gasteiger partial charge in [-0.15, -0.1) is 11.6 Å². The highest BCUT2D eigenvalue weighted by molar-refractivity contribution is 9.25. The van der Waals surface area contributed by atoms with Crippen LogP contribution in [0.3, 0.4) is 0 Å². The van der Waals surface area contributed by atoms with Crippen molar-refractivity contribution in [2.45, 2.75) is 33.6 Å². The van der Waals surface area contributed by atoms with Crippen molar-refractivity contribution in [3.05, 3.63) is 24.3 Å². The van der Waals surface area contributed by atoms with Crippen LogP contribution in [0.4, 0.5) is 14.5 Å². The predicted octanol–water partition coefficient (Wildman–Crippen LogP) is 3.72. The summed E-state index contributed by atoms with van der Waals surface area (Å²) < 4.78 is 28.5. The van der Waals surface area contributed by atoms with E-state index in [1.807, 2.05) is 0 Å². The third-order valence-electron chi connectivity index (χ3n) is 4.58. The molecule has 1 aliphatic heterocycles. The second-order valence-corrected chi connectivity index (χ2v) is 10.7. The van der Waals surface area contributed by atoms with Crippen molar-refractivity contribution < 1.29 is 23.1 Å². The lowest BCUT2D eigenvalue weighted by molar-refractivity contribution is -0.137. The minimum absolute atomic E-state index is 0.0285. The van der Waals surface area contributed by atoms with E-state index in [2.05, 4.69) is 36.6 Å². The maximum Gasteiger partial charge on any atom is 0.387 e. The SMILES string of the molecule is CN(C(=O)C1(Cl)CC1(Br)Br)C1CCN(c2cccc(OC(F)F)c2)C1=O. The zero-order valence-corrected chi connectivity index (χ0v) is 17.5. The van der Waals surface area contributed by atoms with Gasteiger partial charge in [0.2, 0.25) is 11.8 Å². The lowest BCUT2D eigenvalue weighted by Gasteiger charge is -2.26. The first-order chi connectivity index (χ1) is 12.1. The third kappa shape index (κ3) is 3.45. The van der Waals surface area contributed by atoms with Crippen LogP contribution in [-0.2, 0) is 9.59 Å². The number of amides is 2. The van der Waals surface area contributed by atoms with Crippen molar-refractivity contribution in [1.82, 2.24) is 4.90 Å². The number of carbonyl (C=O) groups is 2. The molecular weight excluding hydrogens is 501 g/mol. The van der Waals surface area contributed by atoms with Crippen LogP contribution in [0.1, 0.15) is 12.8 Å². The van der Waals surface area contributed by atoms with Gasteiger partial charge >= 0.3 is 6.61 Å². The molecule has 3 rings (SSSR count). The number of alkyl halides is 5. The van der Waals surface area contributed by atoms with Crippen molar-refractivity contribution in [1.29, 1.82) is 0 Å². The third-order valence-corrected chi connectivity index (χ3v) is 7.57. The van der Waals surface area contributed by atoms with Crippen LogP contribution < -0.4 is 9.64 Å². The van der Waals surface area contributed by atoms with Crippen LogP contribution in [0.25, 0.3) is 0 Å². The molecule has 5 nitrogen and oxygen atoms in total. The molecule has 2 unspecified atom stereocenters. The van der Waals surface area contributed by atoms with Gasteiger partial charge in [0.1, 0.15) is 15.0 Å². The summed E-state index contributed by atoms with van der Waals surface area (Å²) in [6, 6.07) is 5.27. The van der Waals surface area contributed by atoms with Gasteiger partial charge in [-0.3, -0.25) is 9.59 Å². The Kier molecular flexibility index (Phi) is 5.26. The zero-order chi connectivity index (χ0) is 19.3. The molecule has 1 aromatic carbocycles. The van der Waals surface area contributed by atoms with Gasteiger partial charge in [0, 0.05) is 31.8 Å². The number of likely N-dealkylation sites (N-methyl/N-ethyl adjacent to an activating group) is 1. The number of anilines is 1. The molecular formula is C16H15Br2ClF2N2O3. The first-order valence-corrected chi connectivity index (χ1v) is 9.73. The summed E-state index contributed by atoms with van der Waals surface area (Å²) in [7, 11) is 1.54. The van der Waals surface area contributed by atoms with Gasteiger partial charge < -0.3 is 14.5 Å². The number of halogens is 5. The molecule has 0 bridgehead atoms. The molecule has 1 saturated carbocycles. The number of ether oxygens (including phenoxy) is 1. The van der Waals surface area contributed by atoms with E-state index in [1.165, 1.54) is 28.0 Å². The van der Waals surface area contributed by atoms with Gasteiger partial charge in [-0.1, -0.05) is 37.9 Å². The van der Waals surface area contributed by atoms with Crippen LogP contribution in [-0.4, -0.2) is 51.1 Å². The lowest BCUT2D eigenvalue weighted by atomic mass is 10.2. The second kappa shape index (κ2) is 6.91. The van der Waals surface area contributed by atoms with E-state index < -0.39 is 20.8 Å². The number of hydrogen-bond acceptors (Lipinski definition) is 3. The normalized spacial score (nSPS) is 27.0. The van der Waals surface area contributed by atoms with Crippen molar-refractivity contribution in [2.24, 2.45) is 0 Å². The Morgan fingerprint density at radius 1 is 1.46 bits per heavy atom. The quantitative estimate of drug-likeness (QED) is 0.561. The largest absolute Gasteiger partial charge is 0.435 e. The van der Waals surface area contributed by atoms with Crippen molar-refractivity contribution in [3.8, 4) is 5.75 Å². The van der Waals surface area contributed by atoms with E-state index in [9.17, 15) is 18.4 Å². The number of benzene rings is 1. The summed E-state index contributed by atoms with van der Waals surface area (Å²) in [5.74, 6) is -0.659. The molecule has 142 valence electrons. The van der Waals surface area contributed by atoms with Crippen molar-refractivity contribution in [2.75, 3.05) is 18.5 Å². The van der Waals surface area contributed by atoms with Crippen molar-refractivity contribution in [3.63, 3.8) is 0 Å². The molecule has 0 radical (unpaired) electrons. The molecule has 2 atom stereocenters. The van der Waals surface area contributed by atoms with Crippen LogP contribution >= 0.6 is 43.5 Å². The van der Waals surface area contributed by atoms with Crippen molar-refractivity contribution >= 4 is 61.0 Å². The summed E-state index contributed by atoms with van der Waals surface area (Å²) >= 11 is 13.0. The Morgan fingerprint density at radius 2 is 2.12 bits per heavy atom. The fourth-order valence-corrected chi connectivity index (χ4v) is 4.86. The smallest absolute Gasteiger partial charge is 0.387 e. The molecule has 26 heavy (non-hydrogen) atoms. The highest BCUT2D eigenvalue weighted by atomic mass is 79.9. The Hall–Kier alpha value is -0.930. The van der Waals surface area contributed by atoms with Crippen LogP contribution in [0.5, 0.6) is 5.75 Å². The number of hydrogen-bond donors (Lipinski definition) is 0. The van der Waals surface area contributed by atoms with E-state index in [1.54, 1.807) is 13.1 Å². The van der Waals surface area contributed by atoms with Gasteiger partial charge in [-0.25, -0.2) is 0 Å². The van der Waals surface area contributed by atoms with Crippen LogP contribution in [0, 0.1) is 0 Å². The van der Waals surface area contributed by atoms with E-state index in [0.717, 1.165) is 0 Å². The molecule has 1 aromatic rings. The van der Waals surface area contributed by atoms with E-state index >= 15 is 0 Å². The number of nitrogens with zero attached hydrogens (tertiary/aromatic N) is 2. The number of rotatable bonds is 5. The summed E-state index contributed by atoms with van der Waals surface area (Å²) in [6.45, 7) is -2.58. The fraction of sp³-hybridized carbons (Fsp3) is 0.500. The van der Waals surface area contributed by atoms with Gasteiger partial charge in [0.15, 0.2) is 4.87 Å². The first-order valence-electron chi connectivity index (χ1n) is 7.77. The minimum Gasteiger partial charge on any atom is -0.435 e.